The van der Waals surface area contributed by atoms with E-state index in [0.717, 1.165) is 44.5 Å². The van der Waals surface area contributed by atoms with Crippen LogP contribution in [0, 0.1) is 5.82 Å². The van der Waals surface area contributed by atoms with Crippen LogP contribution in [0.1, 0.15) is 35.4 Å². The van der Waals surface area contributed by atoms with Crippen LogP contribution in [0.4, 0.5) is 17.6 Å². The fraction of sp³-hybridized carbons (Fsp3) is 0.455. The molecule has 1 amide bonds. The van der Waals surface area contributed by atoms with Crippen molar-refractivity contribution in [1.82, 2.24) is 10.2 Å². The van der Waals surface area contributed by atoms with Crippen LogP contribution in [0.15, 0.2) is 47.1 Å². The molecule has 11 heteroatoms. The molecule has 2 aliphatic rings. The number of carbonyl (C=O) groups is 2. The molecule has 0 unspecified atom stereocenters. The second-order valence-electron chi connectivity index (χ2n) is 8.06. The number of hydrogen-bond acceptors (Lipinski definition) is 5. The number of benzene rings is 1. The number of nitrogens with zero attached hydrogens (tertiary/aromatic N) is 1. The van der Waals surface area contributed by atoms with Crippen LogP contribution in [0.2, 0.25) is 0 Å². The summed E-state index contributed by atoms with van der Waals surface area (Å²) in [6, 6.07) is 10.1. The van der Waals surface area contributed by atoms with Gasteiger partial charge in [0.15, 0.2) is 5.76 Å². The molecule has 3 heterocycles. The minimum atomic E-state index is -5.08. The summed E-state index contributed by atoms with van der Waals surface area (Å²) < 4.78 is 56.1. The van der Waals surface area contributed by atoms with Crippen molar-refractivity contribution in [1.29, 1.82) is 0 Å². The summed E-state index contributed by atoms with van der Waals surface area (Å²) in [4.78, 5) is 23.5. The molecule has 1 spiro atoms. The van der Waals surface area contributed by atoms with Crippen LogP contribution in [-0.4, -0.2) is 59.4 Å². The molecule has 2 aliphatic heterocycles. The Balaban J connectivity index is 0.000000383. The molecule has 1 aromatic heterocycles. The van der Waals surface area contributed by atoms with Gasteiger partial charge in [0.25, 0.3) is 5.91 Å². The molecule has 2 aromatic rings. The quantitative estimate of drug-likeness (QED) is 0.661. The molecule has 0 saturated carbocycles. The van der Waals surface area contributed by atoms with Crippen LogP contribution in [0.5, 0.6) is 0 Å². The number of carboxylic acids is 1. The molecule has 2 N–H and O–H groups in total. The van der Waals surface area contributed by atoms with Gasteiger partial charge in [-0.3, -0.25) is 9.69 Å². The Labute approximate surface area is 187 Å². The number of hydrogen-bond donors (Lipinski definition) is 2. The Morgan fingerprint density at radius 1 is 1.21 bits per heavy atom. The highest BCUT2D eigenvalue weighted by Crippen LogP contribution is 2.35. The Morgan fingerprint density at radius 2 is 1.91 bits per heavy atom. The summed E-state index contributed by atoms with van der Waals surface area (Å²) in [5, 5.41) is 10.2. The van der Waals surface area contributed by atoms with Crippen molar-refractivity contribution in [3.05, 3.63) is 59.8 Å². The molecule has 33 heavy (non-hydrogen) atoms. The number of rotatable bonds is 4. The lowest BCUT2D eigenvalue weighted by Crippen LogP contribution is -2.49. The number of ether oxygens (including phenoxy) is 1. The van der Waals surface area contributed by atoms with Crippen LogP contribution in [-0.2, 0) is 16.1 Å². The number of nitrogens with one attached hydrogen (secondary N) is 1. The average Bonchev–Trinajstić information content (AvgIpc) is 3.41. The Kier molecular flexibility index (Phi) is 7.75. The number of carboxylic acid groups (broad SMARTS) is 1. The number of alkyl halides is 3. The van der Waals surface area contributed by atoms with Crippen LogP contribution in [0.3, 0.4) is 0 Å². The van der Waals surface area contributed by atoms with Crippen molar-refractivity contribution in [3.63, 3.8) is 0 Å². The normalized spacial score (nSPS) is 23.1. The maximum absolute atomic E-state index is 13.1. The Hall–Kier alpha value is -2.92. The summed E-state index contributed by atoms with van der Waals surface area (Å²) in [6.07, 6.45) is -1.02. The third-order valence-electron chi connectivity index (χ3n) is 5.53. The molecule has 0 radical (unpaired) electrons. The molecule has 2 fully saturated rings. The lowest BCUT2D eigenvalue weighted by Gasteiger charge is -2.38. The first-order valence-corrected chi connectivity index (χ1v) is 10.3. The maximum Gasteiger partial charge on any atom is 0.490 e. The zero-order valence-corrected chi connectivity index (χ0v) is 17.6. The first-order chi connectivity index (χ1) is 15.6. The second kappa shape index (κ2) is 10.3. The van der Waals surface area contributed by atoms with E-state index in [9.17, 15) is 22.4 Å². The largest absolute Gasteiger partial charge is 0.490 e. The third kappa shape index (κ3) is 7.03. The molecule has 7 nitrogen and oxygen atoms in total. The van der Waals surface area contributed by atoms with E-state index in [4.69, 9.17) is 19.1 Å². The molecule has 2 atom stereocenters. The summed E-state index contributed by atoms with van der Waals surface area (Å²) >= 11 is 0. The van der Waals surface area contributed by atoms with E-state index < -0.39 is 12.1 Å². The van der Waals surface area contributed by atoms with Crippen molar-refractivity contribution in [2.75, 3.05) is 19.7 Å². The van der Waals surface area contributed by atoms with E-state index in [2.05, 4.69) is 10.2 Å². The van der Waals surface area contributed by atoms with Crippen molar-refractivity contribution >= 4 is 11.9 Å². The molecule has 0 bridgehead atoms. The van der Waals surface area contributed by atoms with Gasteiger partial charge in [-0.1, -0.05) is 12.1 Å². The first kappa shape index (κ1) is 24.7. The predicted octanol–water partition coefficient (Wildman–Crippen LogP) is 3.61. The lowest BCUT2D eigenvalue weighted by molar-refractivity contribution is -0.192. The van der Waals surface area contributed by atoms with Gasteiger partial charge in [0.2, 0.25) is 0 Å². The zero-order valence-electron chi connectivity index (χ0n) is 17.6. The van der Waals surface area contributed by atoms with Gasteiger partial charge in [-0.2, -0.15) is 13.2 Å². The maximum atomic E-state index is 13.1. The molecule has 180 valence electrons. The number of aliphatic carboxylic acids is 1. The number of amides is 1. The lowest BCUT2D eigenvalue weighted by atomic mass is 9.89. The molecular formula is C22H24F4N2O5. The smallest absolute Gasteiger partial charge is 0.475 e. The Morgan fingerprint density at radius 3 is 2.52 bits per heavy atom. The average molecular weight is 472 g/mol. The van der Waals surface area contributed by atoms with E-state index in [1.54, 1.807) is 12.1 Å². The van der Waals surface area contributed by atoms with Crippen molar-refractivity contribution in [2.45, 2.75) is 43.6 Å². The van der Waals surface area contributed by atoms with Gasteiger partial charge in [0.05, 0.1) is 11.9 Å². The van der Waals surface area contributed by atoms with Gasteiger partial charge in [-0.05, 0) is 49.1 Å². The predicted molar refractivity (Wildman–Crippen MR) is 108 cm³/mol. The summed E-state index contributed by atoms with van der Waals surface area (Å²) in [7, 11) is 0. The zero-order chi connectivity index (χ0) is 24.1. The third-order valence-corrected chi connectivity index (χ3v) is 5.53. The number of furan rings is 1. The first-order valence-electron chi connectivity index (χ1n) is 10.3. The minimum absolute atomic E-state index is 0.0899. The SMILES string of the molecule is O=C(N[C@@H]1CCO[C@]2(CCN(Cc3ccc(F)cc3)C2)C1)c1ccco1.O=C(O)C(F)(F)F. The van der Waals surface area contributed by atoms with Crippen LogP contribution < -0.4 is 5.32 Å². The fourth-order valence-corrected chi connectivity index (χ4v) is 4.01. The molecule has 4 rings (SSSR count). The Bertz CT molecular complexity index is 933. The van der Waals surface area contributed by atoms with Gasteiger partial charge in [0.1, 0.15) is 5.82 Å². The summed E-state index contributed by atoms with van der Waals surface area (Å²) in [6.45, 7) is 3.20. The van der Waals surface area contributed by atoms with Crippen molar-refractivity contribution in [3.8, 4) is 0 Å². The molecular weight excluding hydrogens is 448 g/mol. The molecule has 2 saturated heterocycles. The van der Waals surface area contributed by atoms with Crippen LogP contribution >= 0.6 is 0 Å². The number of carbonyl (C=O) groups excluding carboxylic acids is 1. The minimum Gasteiger partial charge on any atom is -0.475 e. The fourth-order valence-electron chi connectivity index (χ4n) is 4.01. The van der Waals surface area contributed by atoms with E-state index in [0.29, 0.717) is 12.4 Å². The topological polar surface area (TPSA) is 92.0 Å². The number of halogens is 4. The number of likely N-dealkylation sites (tertiary alicyclic amines) is 1. The highest BCUT2D eigenvalue weighted by molar-refractivity contribution is 5.91. The molecule has 0 aliphatic carbocycles. The summed E-state index contributed by atoms with van der Waals surface area (Å²) in [5.41, 5.74) is 0.890. The standard InChI is InChI=1S/C20H23FN2O3.C2HF3O2/c21-16-5-3-15(4-6-16)13-23-9-8-20(14-23)12-17(7-11-26-20)22-19(24)18-2-1-10-25-18;3-2(4,5)1(6)7/h1-6,10,17H,7-9,11-14H2,(H,22,24);(H,6,7)/t17-,20-;/m1./s1. The second-order valence-corrected chi connectivity index (χ2v) is 8.06. The van der Waals surface area contributed by atoms with E-state index >= 15 is 0 Å². The highest BCUT2D eigenvalue weighted by Gasteiger charge is 2.43. The van der Waals surface area contributed by atoms with Crippen molar-refractivity contribution in [2.24, 2.45) is 0 Å². The molecule has 1 aromatic carbocycles. The van der Waals surface area contributed by atoms with Gasteiger partial charge >= 0.3 is 12.1 Å². The van der Waals surface area contributed by atoms with E-state index in [1.165, 1.54) is 18.4 Å². The van der Waals surface area contributed by atoms with Gasteiger partial charge in [-0.25, -0.2) is 9.18 Å². The summed E-state index contributed by atoms with van der Waals surface area (Å²) in [5.74, 6) is -2.79. The van der Waals surface area contributed by atoms with Crippen molar-refractivity contribution < 1.29 is 41.4 Å². The van der Waals surface area contributed by atoms with E-state index in [-0.39, 0.29) is 23.4 Å². The van der Waals surface area contributed by atoms with Gasteiger partial charge < -0.3 is 19.6 Å². The van der Waals surface area contributed by atoms with Crippen LogP contribution in [0.25, 0.3) is 0 Å². The monoisotopic (exact) mass is 472 g/mol. The highest BCUT2D eigenvalue weighted by atomic mass is 19.4. The van der Waals surface area contributed by atoms with E-state index in [1.807, 2.05) is 12.1 Å². The van der Waals surface area contributed by atoms with Gasteiger partial charge in [-0.15, -0.1) is 0 Å². The van der Waals surface area contributed by atoms with Gasteiger partial charge in [0, 0.05) is 32.3 Å².